The van der Waals surface area contributed by atoms with Gasteiger partial charge in [0.25, 0.3) is 10.0 Å². The molecule has 0 spiro atoms. The van der Waals surface area contributed by atoms with Crippen LogP contribution in [0.3, 0.4) is 0 Å². The number of hydrogen-bond donors (Lipinski definition) is 2. The fourth-order valence-corrected chi connectivity index (χ4v) is 2.05. The van der Waals surface area contributed by atoms with E-state index in [-0.39, 0.29) is 5.03 Å². The van der Waals surface area contributed by atoms with Gasteiger partial charge >= 0.3 is 0 Å². The first-order valence-corrected chi connectivity index (χ1v) is 4.71. The standard InChI is InChI=1S/C4H5BrN2O2S/c5-3-1-2-7-4(3)10(6,8)9/h1-2,7H,(H2,6,8,9). The van der Waals surface area contributed by atoms with E-state index in [0.717, 1.165) is 0 Å². The molecule has 0 fully saturated rings. The third-order valence-corrected chi connectivity index (χ3v) is 2.78. The predicted octanol–water partition coefficient (Wildman–Crippen LogP) is 0.425. The largest absolute Gasteiger partial charge is 0.350 e. The second-order valence-electron chi connectivity index (χ2n) is 1.70. The number of halogens is 1. The summed E-state index contributed by atoms with van der Waals surface area (Å²) in [6.07, 6.45) is 1.49. The van der Waals surface area contributed by atoms with Gasteiger partial charge in [-0.3, -0.25) is 0 Å². The van der Waals surface area contributed by atoms with Crippen molar-refractivity contribution in [2.45, 2.75) is 5.03 Å². The van der Waals surface area contributed by atoms with Gasteiger partial charge < -0.3 is 4.98 Å². The number of rotatable bonds is 1. The molecule has 0 aromatic carbocycles. The predicted molar refractivity (Wildman–Crippen MR) is 39.9 cm³/mol. The Hall–Kier alpha value is -0.330. The first-order chi connectivity index (χ1) is 4.52. The summed E-state index contributed by atoms with van der Waals surface area (Å²) in [6, 6.07) is 1.57. The van der Waals surface area contributed by atoms with Crippen molar-refractivity contribution >= 4 is 26.0 Å². The number of primary sulfonamides is 1. The number of aromatic nitrogens is 1. The van der Waals surface area contributed by atoms with Gasteiger partial charge in [-0.1, -0.05) is 0 Å². The van der Waals surface area contributed by atoms with Gasteiger partial charge in [0.05, 0.1) is 4.47 Å². The Morgan fingerprint density at radius 2 is 2.20 bits per heavy atom. The average Bonchev–Trinajstić information content (AvgIpc) is 2.11. The Labute approximate surface area is 66.6 Å². The van der Waals surface area contributed by atoms with Gasteiger partial charge in [0.2, 0.25) is 0 Å². The lowest BCUT2D eigenvalue weighted by atomic mass is 10.7. The molecule has 0 saturated heterocycles. The van der Waals surface area contributed by atoms with Crippen LogP contribution in [-0.4, -0.2) is 13.4 Å². The van der Waals surface area contributed by atoms with Crippen LogP contribution in [0.2, 0.25) is 0 Å². The summed E-state index contributed by atoms with van der Waals surface area (Å²) < 4.78 is 21.7. The Bertz CT molecular complexity index is 329. The molecule has 1 aromatic heterocycles. The summed E-state index contributed by atoms with van der Waals surface area (Å²) in [5.41, 5.74) is 0. The van der Waals surface area contributed by atoms with Crippen LogP contribution in [0.4, 0.5) is 0 Å². The SMILES string of the molecule is NS(=O)(=O)c1[nH]ccc1Br. The summed E-state index contributed by atoms with van der Waals surface area (Å²) in [7, 11) is -3.59. The van der Waals surface area contributed by atoms with Crippen LogP contribution >= 0.6 is 15.9 Å². The quantitative estimate of drug-likeness (QED) is 0.726. The maximum Gasteiger partial charge on any atom is 0.254 e. The van der Waals surface area contributed by atoms with E-state index in [4.69, 9.17) is 5.14 Å². The number of hydrogen-bond acceptors (Lipinski definition) is 2. The molecule has 10 heavy (non-hydrogen) atoms. The molecule has 0 radical (unpaired) electrons. The van der Waals surface area contributed by atoms with E-state index < -0.39 is 10.0 Å². The van der Waals surface area contributed by atoms with Gasteiger partial charge in [-0.05, 0) is 22.0 Å². The van der Waals surface area contributed by atoms with Crippen molar-refractivity contribution in [3.05, 3.63) is 16.7 Å². The Morgan fingerprint density at radius 1 is 1.60 bits per heavy atom. The first-order valence-electron chi connectivity index (χ1n) is 2.37. The molecule has 0 bridgehead atoms. The van der Waals surface area contributed by atoms with Crippen molar-refractivity contribution in [2.24, 2.45) is 5.14 Å². The molecule has 1 heterocycles. The smallest absolute Gasteiger partial charge is 0.254 e. The summed E-state index contributed by atoms with van der Waals surface area (Å²) in [6.45, 7) is 0. The first kappa shape index (κ1) is 7.77. The molecule has 0 unspecified atom stereocenters. The number of nitrogens with one attached hydrogen (secondary N) is 1. The monoisotopic (exact) mass is 224 g/mol. The minimum atomic E-state index is -3.59. The number of sulfonamides is 1. The molecule has 3 N–H and O–H groups in total. The number of nitrogens with two attached hydrogens (primary N) is 1. The molecule has 0 aliphatic rings. The molecule has 6 heteroatoms. The van der Waals surface area contributed by atoms with Crippen LogP contribution in [0.5, 0.6) is 0 Å². The highest BCUT2D eigenvalue weighted by Gasteiger charge is 2.11. The van der Waals surface area contributed by atoms with Crippen LogP contribution in [-0.2, 0) is 10.0 Å². The van der Waals surface area contributed by atoms with E-state index in [0.29, 0.717) is 4.47 Å². The molecule has 56 valence electrons. The third-order valence-electron chi connectivity index (χ3n) is 0.946. The summed E-state index contributed by atoms with van der Waals surface area (Å²) >= 11 is 3.01. The molecule has 0 atom stereocenters. The van der Waals surface area contributed by atoms with Crippen LogP contribution in [0.1, 0.15) is 0 Å². The minimum absolute atomic E-state index is 0.00694. The Kier molecular flexibility index (Phi) is 1.84. The number of H-pyrrole nitrogens is 1. The molecule has 1 rings (SSSR count). The van der Waals surface area contributed by atoms with E-state index in [1.807, 2.05) is 0 Å². The highest BCUT2D eigenvalue weighted by molar-refractivity contribution is 9.10. The maximum absolute atomic E-state index is 10.6. The topological polar surface area (TPSA) is 76.0 Å². The molecule has 0 amide bonds. The summed E-state index contributed by atoms with van der Waals surface area (Å²) in [4.78, 5) is 2.49. The van der Waals surface area contributed by atoms with Gasteiger partial charge in [-0.25, -0.2) is 13.6 Å². The number of aromatic amines is 1. The van der Waals surface area contributed by atoms with Crippen LogP contribution in [0.15, 0.2) is 21.8 Å². The lowest BCUT2D eigenvalue weighted by Crippen LogP contribution is -2.12. The van der Waals surface area contributed by atoms with E-state index >= 15 is 0 Å². The van der Waals surface area contributed by atoms with Crippen molar-refractivity contribution in [2.75, 3.05) is 0 Å². The fourth-order valence-electron chi connectivity index (χ4n) is 0.553. The van der Waals surface area contributed by atoms with E-state index in [1.165, 1.54) is 6.20 Å². The van der Waals surface area contributed by atoms with E-state index in [1.54, 1.807) is 6.07 Å². The third kappa shape index (κ3) is 1.39. The lowest BCUT2D eigenvalue weighted by Gasteiger charge is -1.91. The Balaban J connectivity index is 3.32. The molecule has 0 aliphatic heterocycles. The zero-order valence-electron chi connectivity index (χ0n) is 4.83. The fraction of sp³-hybridized carbons (Fsp3) is 0. The zero-order chi connectivity index (χ0) is 7.78. The zero-order valence-corrected chi connectivity index (χ0v) is 7.24. The van der Waals surface area contributed by atoms with Gasteiger partial charge in [0.15, 0.2) is 5.03 Å². The van der Waals surface area contributed by atoms with Crippen molar-refractivity contribution in [3.8, 4) is 0 Å². The molecule has 0 saturated carbocycles. The molecule has 4 nitrogen and oxygen atoms in total. The van der Waals surface area contributed by atoms with Crippen molar-refractivity contribution in [3.63, 3.8) is 0 Å². The van der Waals surface area contributed by atoms with E-state index in [9.17, 15) is 8.42 Å². The summed E-state index contributed by atoms with van der Waals surface area (Å²) in [5, 5.41) is 4.82. The lowest BCUT2D eigenvalue weighted by molar-refractivity contribution is 0.594. The highest BCUT2D eigenvalue weighted by Crippen LogP contribution is 2.17. The van der Waals surface area contributed by atoms with Gasteiger partial charge in [-0.2, -0.15) is 0 Å². The van der Waals surface area contributed by atoms with Crippen molar-refractivity contribution < 1.29 is 8.42 Å². The van der Waals surface area contributed by atoms with Crippen LogP contribution < -0.4 is 5.14 Å². The summed E-state index contributed by atoms with van der Waals surface area (Å²) in [5.74, 6) is 0. The molecule has 0 aliphatic carbocycles. The maximum atomic E-state index is 10.6. The van der Waals surface area contributed by atoms with Gasteiger partial charge in [0, 0.05) is 6.20 Å². The highest BCUT2D eigenvalue weighted by atomic mass is 79.9. The second kappa shape index (κ2) is 2.37. The van der Waals surface area contributed by atoms with Crippen molar-refractivity contribution in [1.82, 2.24) is 4.98 Å². The molecular weight excluding hydrogens is 220 g/mol. The van der Waals surface area contributed by atoms with Crippen LogP contribution in [0, 0.1) is 0 Å². The molecule has 1 aromatic rings. The molecular formula is C4H5BrN2O2S. The van der Waals surface area contributed by atoms with E-state index in [2.05, 4.69) is 20.9 Å². The Morgan fingerprint density at radius 3 is 2.40 bits per heavy atom. The second-order valence-corrected chi connectivity index (χ2v) is 4.05. The average molecular weight is 225 g/mol. The van der Waals surface area contributed by atoms with Crippen molar-refractivity contribution in [1.29, 1.82) is 0 Å². The van der Waals surface area contributed by atoms with Gasteiger partial charge in [-0.15, -0.1) is 0 Å². The minimum Gasteiger partial charge on any atom is -0.350 e. The normalized spacial score (nSPS) is 11.8. The van der Waals surface area contributed by atoms with Crippen LogP contribution in [0.25, 0.3) is 0 Å². The van der Waals surface area contributed by atoms with Gasteiger partial charge in [0.1, 0.15) is 0 Å².